The maximum absolute atomic E-state index is 10.0. The molecule has 0 aliphatic heterocycles. The number of aliphatic imine (C=N–C) groups is 1. The van der Waals surface area contributed by atoms with Crippen LogP contribution in [0.3, 0.4) is 0 Å². The third-order valence-electron chi connectivity index (χ3n) is 1.56. The van der Waals surface area contributed by atoms with Gasteiger partial charge in [-0.3, -0.25) is 0 Å². The summed E-state index contributed by atoms with van der Waals surface area (Å²) in [4.78, 5) is 13.8. The number of carboxylic acid groups (broad SMARTS) is 1. The van der Waals surface area contributed by atoms with Crippen LogP contribution in [0.25, 0.3) is 0 Å². The Morgan fingerprint density at radius 2 is 2.00 bits per heavy atom. The van der Waals surface area contributed by atoms with E-state index >= 15 is 0 Å². The number of benzene rings is 1. The molecule has 0 saturated heterocycles. The van der Waals surface area contributed by atoms with Crippen molar-refractivity contribution in [1.29, 1.82) is 0 Å². The van der Waals surface area contributed by atoms with Gasteiger partial charge in [-0.1, -0.05) is 11.6 Å². The van der Waals surface area contributed by atoms with Gasteiger partial charge in [0, 0.05) is 16.8 Å². The van der Waals surface area contributed by atoms with E-state index in [1.807, 2.05) is 0 Å². The molecule has 0 saturated carbocycles. The molecular formula is C10H8ClN2O2-. The highest BCUT2D eigenvalue weighted by Gasteiger charge is 1.95. The largest absolute Gasteiger partial charge is 0.545 e. The quantitative estimate of drug-likeness (QED) is 0.455. The van der Waals surface area contributed by atoms with Crippen molar-refractivity contribution < 1.29 is 9.90 Å². The summed E-state index contributed by atoms with van der Waals surface area (Å²) in [6.45, 7) is 0. The van der Waals surface area contributed by atoms with Crippen LogP contribution < -0.4 is 10.8 Å². The summed E-state index contributed by atoms with van der Waals surface area (Å²) >= 11 is 5.68. The SMILES string of the molecule is NC(=N/C=C/C(=O)[O-])c1ccc(Cl)cc1. The molecule has 0 aliphatic rings. The first kappa shape index (κ1) is 11.3. The third kappa shape index (κ3) is 3.83. The third-order valence-corrected chi connectivity index (χ3v) is 1.82. The van der Waals surface area contributed by atoms with Gasteiger partial charge < -0.3 is 15.6 Å². The van der Waals surface area contributed by atoms with Crippen molar-refractivity contribution in [1.82, 2.24) is 0 Å². The van der Waals surface area contributed by atoms with Crippen molar-refractivity contribution >= 4 is 23.4 Å². The van der Waals surface area contributed by atoms with E-state index in [0.29, 0.717) is 10.6 Å². The normalized spacial score (nSPS) is 11.9. The molecule has 1 rings (SSSR count). The lowest BCUT2D eigenvalue weighted by Gasteiger charge is -1.98. The predicted octanol–water partition coefficient (Wildman–Crippen LogP) is 0.309. The fraction of sp³-hybridized carbons (Fsp3) is 0. The van der Waals surface area contributed by atoms with Crippen LogP contribution in [0.5, 0.6) is 0 Å². The Kier molecular flexibility index (Phi) is 3.88. The minimum atomic E-state index is -1.32. The molecule has 1 aromatic carbocycles. The Hall–Kier alpha value is -1.81. The molecule has 0 aromatic heterocycles. The zero-order valence-electron chi connectivity index (χ0n) is 7.68. The molecule has 0 aliphatic carbocycles. The topological polar surface area (TPSA) is 78.5 Å². The number of amidine groups is 1. The van der Waals surface area contributed by atoms with Crippen molar-refractivity contribution in [2.24, 2.45) is 10.7 Å². The van der Waals surface area contributed by atoms with Gasteiger partial charge in [-0.05, 0) is 30.3 Å². The lowest BCUT2D eigenvalue weighted by Crippen LogP contribution is -2.18. The number of hydrogen-bond acceptors (Lipinski definition) is 3. The molecule has 5 heteroatoms. The van der Waals surface area contributed by atoms with Crippen LogP contribution >= 0.6 is 11.6 Å². The standard InChI is InChI=1S/C10H9ClN2O2/c11-8-3-1-7(2-4-8)10(12)13-6-5-9(14)15/h1-6H,(H2,12,13)(H,14,15)/p-1/b6-5+. The van der Waals surface area contributed by atoms with E-state index in [9.17, 15) is 9.90 Å². The van der Waals surface area contributed by atoms with Gasteiger partial charge in [-0.15, -0.1) is 0 Å². The zero-order valence-corrected chi connectivity index (χ0v) is 8.44. The number of hydrogen-bond donors (Lipinski definition) is 1. The number of rotatable bonds is 3. The van der Waals surface area contributed by atoms with E-state index in [-0.39, 0.29) is 5.84 Å². The highest BCUT2D eigenvalue weighted by atomic mass is 35.5. The first-order valence-electron chi connectivity index (χ1n) is 4.06. The van der Waals surface area contributed by atoms with Crippen molar-refractivity contribution in [3.8, 4) is 0 Å². The Morgan fingerprint density at radius 3 is 2.53 bits per heavy atom. The average molecular weight is 224 g/mol. The van der Waals surface area contributed by atoms with Crippen LogP contribution in [0, 0.1) is 0 Å². The van der Waals surface area contributed by atoms with Crippen molar-refractivity contribution in [3.63, 3.8) is 0 Å². The molecule has 0 fully saturated rings. The van der Waals surface area contributed by atoms with E-state index in [2.05, 4.69) is 4.99 Å². The summed E-state index contributed by atoms with van der Waals surface area (Å²) in [6.07, 6.45) is 1.86. The zero-order chi connectivity index (χ0) is 11.3. The minimum absolute atomic E-state index is 0.212. The highest BCUT2D eigenvalue weighted by Crippen LogP contribution is 2.09. The summed E-state index contributed by atoms with van der Waals surface area (Å²) in [6, 6.07) is 6.71. The lowest BCUT2D eigenvalue weighted by atomic mass is 10.2. The van der Waals surface area contributed by atoms with Gasteiger partial charge in [0.15, 0.2) is 0 Å². The van der Waals surface area contributed by atoms with Crippen LogP contribution in [-0.2, 0) is 4.79 Å². The number of aliphatic carboxylic acids is 1. The van der Waals surface area contributed by atoms with Crippen molar-refractivity contribution in [2.45, 2.75) is 0 Å². The summed E-state index contributed by atoms with van der Waals surface area (Å²) in [7, 11) is 0. The molecule has 0 spiro atoms. The monoisotopic (exact) mass is 223 g/mol. The summed E-state index contributed by atoms with van der Waals surface area (Å²) in [5.41, 5.74) is 6.24. The second-order valence-corrected chi connectivity index (χ2v) is 3.09. The summed E-state index contributed by atoms with van der Waals surface area (Å²) in [5, 5.41) is 10.6. The van der Waals surface area contributed by atoms with Crippen LogP contribution in [-0.4, -0.2) is 11.8 Å². The molecule has 0 heterocycles. The van der Waals surface area contributed by atoms with Gasteiger partial charge in [0.05, 0.1) is 5.97 Å². The molecule has 1 aromatic rings. The number of carbonyl (C=O) groups excluding carboxylic acids is 1. The Labute approximate surface area is 91.7 Å². The van der Waals surface area contributed by atoms with E-state index in [4.69, 9.17) is 17.3 Å². The number of carbonyl (C=O) groups is 1. The van der Waals surface area contributed by atoms with Gasteiger partial charge in [-0.25, -0.2) is 4.99 Å². The van der Waals surface area contributed by atoms with Gasteiger partial charge in [0.25, 0.3) is 0 Å². The smallest absolute Gasteiger partial charge is 0.130 e. The van der Waals surface area contributed by atoms with Crippen molar-refractivity contribution in [3.05, 3.63) is 47.1 Å². The summed E-state index contributed by atoms with van der Waals surface area (Å²) in [5.74, 6) is -1.10. The molecule has 0 bridgehead atoms. The van der Waals surface area contributed by atoms with Gasteiger partial charge >= 0.3 is 0 Å². The van der Waals surface area contributed by atoms with Crippen LogP contribution in [0.4, 0.5) is 0 Å². The van der Waals surface area contributed by atoms with E-state index in [1.165, 1.54) is 0 Å². The van der Waals surface area contributed by atoms with Crippen LogP contribution in [0.15, 0.2) is 41.5 Å². The van der Waals surface area contributed by atoms with Gasteiger partial charge in [-0.2, -0.15) is 0 Å². The maximum atomic E-state index is 10.0. The number of nitrogens with two attached hydrogens (primary N) is 1. The second-order valence-electron chi connectivity index (χ2n) is 2.66. The molecule has 0 unspecified atom stereocenters. The fourth-order valence-electron chi connectivity index (χ4n) is 0.874. The maximum Gasteiger partial charge on any atom is 0.130 e. The lowest BCUT2D eigenvalue weighted by molar-refractivity contribution is -0.297. The molecule has 0 amide bonds. The van der Waals surface area contributed by atoms with Crippen LogP contribution in [0.2, 0.25) is 5.02 Å². The average Bonchev–Trinajstić information content (AvgIpc) is 2.18. The second kappa shape index (κ2) is 5.17. The number of carboxylic acids is 1. The molecule has 2 N–H and O–H groups in total. The van der Waals surface area contributed by atoms with E-state index in [0.717, 1.165) is 12.3 Å². The molecule has 0 radical (unpaired) electrons. The molecule has 4 nitrogen and oxygen atoms in total. The molecule has 0 atom stereocenters. The predicted molar refractivity (Wildman–Crippen MR) is 56.3 cm³/mol. The summed E-state index contributed by atoms with van der Waals surface area (Å²) < 4.78 is 0. The fourth-order valence-corrected chi connectivity index (χ4v) is 1.000. The number of halogens is 1. The Bertz CT molecular complexity index is 410. The Morgan fingerprint density at radius 1 is 1.40 bits per heavy atom. The van der Waals surface area contributed by atoms with Crippen molar-refractivity contribution in [2.75, 3.05) is 0 Å². The Balaban J connectivity index is 2.80. The van der Waals surface area contributed by atoms with Gasteiger partial charge in [0.2, 0.25) is 0 Å². The first-order valence-corrected chi connectivity index (χ1v) is 4.44. The van der Waals surface area contributed by atoms with Crippen LogP contribution in [0.1, 0.15) is 5.56 Å². The van der Waals surface area contributed by atoms with E-state index < -0.39 is 5.97 Å². The first-order chi connectivity index (χ1) is 7.09. The molecular weight excluding hydrogens is 216 g/mol. The highest BCUT2D eigenvalue weighted by molar-refractivity contribution is 6.30. The molecule has 78 valence electrons. The molecule has 15 heavy (non-hydrogen) atoms. The minimum Gasteiger partial charge on any atom is -0.545 e. The number of nitrogens with zero attached hydrogens (tertiary/aromatic N) is 1. The van der Waals surface area contributed by atoms with E-state index in [1.54, 1.807) is 24.3 Å². The van der Waals surface area contributed by atoms with Gasteiger partial charge in [0.1, 0.15) is 5.84 Å².